The van der Waals surface area contributed by atoms with E-state index in [1.807, 2.05) is 21.0 Å². The summed E-state index contributed by atoms with van der Waals surface area (Å²) in [6.07, 6.45) is 1.08. The number of nitriles is 1. The van der Waals surface area contributed by atoms with E-state index >= 15 is 0 Å². The maximum atomic E-state index is 12.1. The van der Waals surface area contributed by atoms with E-state index < -0.39 is 11.9 Å². The minimum atomic E-state index is -0.454. The van der Waals surface area contributed by atoms with Gasteiger partial charge in [0.2, 0.25) is 5.91 Å². The van der Waals surface area contributed by atoms with Crippen molar-refractivity contribution in [1.82, 2.24) is 15.1 Å². The van der Waals surface area contributed by atoms with E-state index in [2.05, 4.69) is 34.5 Å². The summed E-state index contributed by atoms with van der Waals surface area (Å²) < 4.78 is 0. The van der Waals surface area contributed by atoms with Gasteiger partial charge in [0.15, 0.2) is 0 Å². The number of carbonyl (C=O) groups excluding carboxylic acids is 2. The largest absolute Gasteiger partial charge is 0.337 e. The lowest BCUT2D eigenvalue weighted by molar-refractivity contribution is -0.127. The van der Waals surface area contributed by atoms with E-state index in [9.17, 15) is 9.59 Å². The Balaban J connectivity index is 2.48. The van der Waals surface area contributed by atoms with Crippen LogP contribution in [-0.2, 0) is 17.8 Å². The molecule has 1 rings (SSSR count). The Labute approximate surface area is 144 Å². The van der Waals surface area contributed by atoms with Crippen LogP contribution in [0.15, 0.2) is 24.3 Å². The maximum absolute atomic E-state index is 12.1. The molecule has 0 aromatic heterocycles. The van der Waals surface area contributed by atoms with Gasteiger partial charge in [-0.1, -0.05) is 31.2 Å². The number of hydrogen-bond acceptors (Lipinski definition) is 4. The summed E-state index contributed by atoms with van der Waals surface area (Å²) in [5.74, 6) is -0.454. The molecular weight excluding hydrogens is 304 g/mol. The second-order valence-corrected chi connectivity index (χ2v) is 5.92. The number of imide groups is 1. The second kappa shape index (κ2) is 10.4. The van der Waals surface area contributed by atoms with Crippen LogP contribution in [0.5, 0.6) is 0 Å². The van der Waals surface area contributed by atoms with Crippen molar-refractivity contribution >= 4 is 11.9 Å². The Bertz CT molecular complexity index is 576. The molecule has 6 heteroatoms. The van der Waals surface area contributed by atoms with E-state index in [4.69, 9.17) is 5.26 Å². The van der Waals surface area contributed by atoms with Crippen LogP contribution in [0.25, 0.3) is 0 Å². The van der Waals surface area contributed by atoms with Crippen LogP contribution in [0.4, 0.5) is 4.79 Å². The van der Waals surface area contributed by atoms with Crippen molar-refractivity contribution in [2.45, 2.75) is 32.7 Å². The average Bonchev–Trinajstić information content (AvgIpc) is 2.53. The van der Waals surface area contributed by atoms with Crippen molar-refractivity contribution in [3.8, 4) is 6.07 Å². The lowest BCUT2D eigenvalue weighted by Crippen LogP contribution is -2.44. The van der Waals surface area contributed by atoms with Gasteiger partial charge in [-0.3, -0.25) is 9.69 Å². The molecule has 0 aliphatic rings. The lowest BCUT2D eigenvalue weighted by atomic mass is 10.1. The van der Waals surface area contributed by atoms with Gasteiger partial charge in [-0.25, -0.2) is 4.79 Å². The molecule has 0 saturated heterocycles. The summed E-state index contributed by atoms with van der Waals surface area (Å²) in [5.41, 5.74) is 2.37. The van der Waals surface area contributed by atoms with Crippen LogP contribution in [0.3, 0.4) is 0 Å². The van der Waals surface area contributed by atoms with E-state index in [1.165, 1.54) is 5.56 Å². The first-order chi connectivity index (χ1) is 11.5. The van der Waals surface area contributed by atoms with E-state index in [0.717, 1.165) is 17.0 Å². The number of amides is 3. The molecule has 0 radical (unpaired) electrons. The van der Waals surface area contributed by atoms with Gasteiger partial charge in [-0.15, -0.1) is 0 Å². The quantitative estimate of drug-likeness (QED) is 0.792. The standard InChI is InChI=1S/C18H26N4O2/c1-4-13-22(17(23)9-11-19)18(24)20-12-10-15-5-7-16(8-6-15)14-21(2)3/h5-8H,4,9-10,12-14H2,1-3H3,(H,20,24). The van der Waals surface area contributed by atoms with Crippen LogP contribution >= 0.6 is 0 Å². The molecule has 0 unspecified atom stereocenters. The number of urea groups is 1. The lowest BCUT2D eigenvalue weighted by Gasteiger charge is -2.19. The summed E-state index contributed by atoms with van der Waals surface area (Å²) in [7, 11) is 4.05. The zero-order chi connectivity index (χ0) is 17.9. The molecule has 1 aromatic carbocycles. The Hall–Kier alpha value is -2.39. The highest BCUT2D eigenvalue weighted by atomic mass is 16.2. The van der Waals surface area contributed by atoms with E-state index in [1.54, 1.807) is 6.07 Å². The van der Waals surface area contributed by atoms with Crippen molar-refractivity contribution in [3.05, 3.63) is 35.4 Å². The summed E-state index contributed by atoms with van der Waals surface area (Å²) in [6, 6.07) is 9.62. The van der Waals surface area contributed by atoms with Gasteiger partial charge >= 0.3 is 6.03 Å². The minimum absolute atomic E-state index is 0.277. The van der Waals surface area contributed by atoms with Gasteiger partial charge in [0.05, 0.1) is 6.07 Å². The Morgan fingerprint density at radius 3 is 2.33 bits per heavy atom. The summed E-state index contributed by atoms with van der Waals surface area (Å²) in [6.45, 7) is 3.55. The molecule has 0 aliphatic heterocycles. The van der Waals surface area contributed by atoms with Crippen LogP contribution in [0.2, 0.25) is 0 Å². The molecule has 24 heavy (non-hydrogen) atoms. The van der Waals surface area contributed by atoms with Crippen LogP contribution < -0.4 is 5.32 Å². The topological polar surface area (TPSA) is 76.4 Å². The van der Waals surface area contributed by atoms with Gasteiger partial charge in [0.25, 0.3) is 0 Å². The Kier molecular flexibility index (Phi) is 8.52. The van der Waals surface area contributed by atoms with E-state index in [-0.39, 0.29) is 6.42 Å². The van der Waals surface area contributed by atoms with Crippen LogP contribution in [-0.4, -0.2) is 48.9 Å². The first kappa shape index (κ1) is 19.7. The molecule has 1 N–H and O–H groups in total. The first-order valence-electron chi connectivity index (χ1n) is 8.15. The highest BCUT2D eigenvalue weighted by Crippen LogP contribution is 2.06. The van der Waals surface area contributed by atoms with Crippen molar-refractivity contribution in [2.75, 3.05) is 27.2 Å². The fourth-order valence-corrected chi connectivity index (χ4v) is 2.31. The summed E-state index contributed by atoms with van der Waals surface area (Å²) >= 11 is 0. The number of nitrogens with zero attached hydrogens (tertiary/aromatic N) is 3. The fourth-order valence-electron chi connectivity index (χ4n) is 2.31. The number of rotatable bonds is 8. The van der Waals surface area contributed by atoms with Crippen molar-refractivity contribution < 1.29 is 9.59 Å². The normalized spacial score (nSPS) is 10.3. The number of carbonyl (C=O) groups is 2. The van der Waals surface area contributed by atoms with Gasteiger partial charge in [-0.05, 0) is 38.1 Å². The fraction of sp³-hybridized carbons (Fsp3) is 0.500. The third-order valence-corrected chi connectivity index (χ3v) is 3.44. The number of nitrogens with one attached hydrogen (secondary N) is 1. The Morgan fingerprint density at radius 1 is 1.17 bits per heavy atom. The van der Waals surface area contributed by atoms with Gasteiger partial charge in [0, 0.05) is 19.6 Å². The molecule has 1 aromatic rings. The van der Waals surface area contributed by atoms with Crippen molar-refractivity contribution in [3.63, 3.8) is 0 Å². The number of hydrogen-bond donors (Lipinski definition) is 1. The third-order valence-electron chi connectivity index (χ3n) is 3.44. The second-order valence-electron chi connectivity index (χ2n) is 5.92. The molecule has 0 bridgehead atoms. The molecule has 6 nitrogen and oxygen atoms in total. The van der Waals surface area contributed by atoms with Crippen molar-refractivity contribution in [2.24, 2.45) is 0 Å². The number of benzene rings is 1. The average molecular weight is 330 g/mol. The smallest absolute Gasteiger partial charge is 0.324 e. The zero-order valence-electron chi connectivity index (χ0n) is 14.7. The molecule has 0 heterocycles. The van der Waals surface area contributed by atoms with E-state index in [0.29, 0.717) is 25.9 Å². The molecule has 3 amide bonds. The highest BCUT2D eigenvalue weighted by molar-refractivity contribution is 5.95. The third kappa shape index (κ3) is 6.80. The Morgan fingerprint density at radius 2 is 1.79 bits per heavy atom. The summed E-state index contributed by atoms with van der Waals surface area (Å²) in [4.78, 5) is 27.1. The van der Waals surface area contributed by atoms with Gasteiger partial charge in [0.1, 0.15) is 6.42 Å². The molecule has 0 aliphatic carbocycles. The monoisotopic (exact) mass is 330 g/mol. The molecular formula is C18H26N4O2. The van der Waals surface area contributed by atoms with Gasteiger partial charge < -0.3 is 10.2 Å². The molecule has 130 valence electrons. The SMILES string of the molecule is CCCN(C(=O)CC#N)C(=O)NCCc1ccc(CN(C)C)cc1. The molecule has 0 saturated carbocycles. The summed E-state index contributed by atoms with van der Waals surface area (Å²) in [5, 5.41) is 11.4. The predicted octanol–water partition coefficient (Wildman–Crippen LogP) is 2.15. The molecule has 0 atom stereocenters. The van der Waals surface area contributed by atoms with Crippen LogP contribution in [0, 0.1) is 11.3 Å². The maximum Gasteiger partial charge on any atom is 0.324 e. The highest BCUT2D eigenvalue weighted by Gasteiger charge is 2.19. The minimum Gasteiger partial charge on any atom is -0.337 e. The van der Waals surface area contributed by atoms with Crippen LogP contribution in [0.1, 0.15) is 30.9 Å². The molecule has 0 fully saturated rings. The van der Waals surface area contributed by atoms with Gasteiger partial charge in [-0.2, -0.15) is 5.26 Å². The first-order valence-corrected chi connectivity index (χ1v) is 8.15. The zero-order valence-corrected chi connectivity index (χ0v) is 14.7. The van der Waals surface area contributed by atoms with Crippen molar-refractivity contribution in [1.29, 1.82) is 5.26 Å². The predicted molar refractivity (Wildman–Crippen MR) is 93.2 cm³/mol. The molecule has 0 spiro atoms.